The highest BCUT2D eigenvalue weighted by atomic mass is 79.9. The number of hydrogen-bond acceptors (Lipinski definition) is 0. The summed E-state index contributed by atoms with van der Waals surface area (Å²) >= 11 is 3.55. The number of hydrogen-bond donors (Lipinski definition) is 0. The SMILES string of the molecule is CCCc1cc(F)cc(CCC)c1Br.[N]. The molecule has 0 saturated heterocycles. The van der Waals surface area contributed by atoms with Gasteiger partial charge in [0.05, 0.1) is 0 Å². The standard InChI is InChI=1S/C12H16BrF.N/c1-3-5-9-7-11(14)8-10(6-4-2)12(9)13;/h7-8H,3-6H2,1-2H3;. The number of benzene rings is 1. The van der Waals surface area contributed by atoms with E-state index in [1.807, 2.05) is 0 Å². The van der Waals surface area contributed by atoms with E-state index in [2.05, 4.69) is 29.8 Å². The van der Waals surface area contributed by atoms with Gasteiger partial charge in [-0.25, -0.2) is 4.39 Å². The van der Waals surface area contributed by atoms with Crippen LogP contribution in [0.1, 0.15) is 37.8 Å². The number of nitrogens with zero attached hydrogens (tertiary/aromatic N) is 1. The van der Waals surface area contributed by atoms with E-state index in [0.717, 1.165) is 41.3 Å². The Morgan fingerprint density at radius 3 is 1.80 bits per heavy atom. The van der Waals surface area contributed by atoms with Gasteiger partial charge < -0.3 is 0 Å². The molecule has 0 aliphatic rings. The molecule has 0 unspecified atom stereocenters. The Bertz CT molecular complexity index is 285. The summed E-state index contributed by atoms with van der Waals surface area (Å²) in [5.41, 5.74) is 2.19. The molecular formula is C12H16BrFN. The molecule has 3 radical (unpaired) electrons. The van der Waals surface area contributed by atoms with Crippen LogP contribution in [0.4, 0.5) is 4.39 Å². The van der Waals surface area contributed by atoms with E-state index in [1.54, 1.807) is 12.1 Å². The second-order valence-electron chi connectivity index (χ2n) is 3.54. The van der Waals surface area contributed by atoms with Gasteiger partial charge in [0.25, 0.3) is 0 Å². The van der Waals surface area contributed by atoms with Crippen LogP contribution in [0, 0.1) is 5.82 Å². The summed E-state index contributed by atoms with van der Waals surface area (Å²) in [4.78, 5) is 0. The number of aryl methyl sites for hydroxylation is 2. The van der Waals surface area contributed by atoms with Crippen LogP contribution < -0.4 is 6.15 Å². The van der Waals surface area contributed by atoms with Crippen LogP contribution >= 0.6 is 15.9 Å². The molecule has 83 valence electrons. The lowest BCUT2D eigenvalue weighted by molar-refractivity contribution is 0.621. The molecule has 0 atom stereocenters. The van der Waals surface area contributed by atoms with Crippen molar-refractivity contribution in [1.29, 1.82) is 0 Å². The summed E-state index contributed by atoms with van der Waals surface area (Å²) in [5, 5.41) is 0. The Morgan fingerprint density at radius 2 is 1.47 bits per heavy atom. The highest BCUT2D eigenvalue weighted by Crippen LogP contribution is 2.25. The van der Waals surface area contributed by atoms with Gasteiger partial charge in [-0.3, -0.25) is 0 Å². The summed E-state index contributed by atoms with van der Waals surface area (Å²) in [6.07, 6.45) is 3.98. The molecule has 0 heterocycles. The van der Waals surface area contributed by atoms with Gasteiger partial charge in [0.1, 0.15) is 5.82 Å². The lowest BCUT2D eigenvalue weighted by atomic mass is 10.0. The van der Waals surface area contributed by atoms with Gasteiger partial charge in [0.2, 0.25) is 0 Å². The Balaban J connectivity index is 0.00000196. The van der Waals surface area contributed by atoms with E-state index >= 15 is 0 Å². The van der Waals surface area contributed by atoms with Crippen LogP contribution in [-0.4, -0.2) is 0 Å². The van der Waals surface area contributed by atoms with Crippen molar-refractivity contribution >= 4 is 15.9 Å². The largest absolute Gasteiger partial charge is 0.207 e. The molecule has 0 saturated carbocycles. The third kappa shape index (κ3) is 3.92. The minimum atomic E-state index is -0.111. The summed E-state index contributed by atoms with van der Waals surface area (Å²) in [6.45, 7) is 4.22. The fourth-order valence-electron chi connectivity index (χ4n) is 1.61. The molecule has 1 nitrogen and oxygen atoms in total. The van der Waals surface area contributed by atoms with Gasteiger partial charge in [-0.2, -0.15) is 0 Å². The normalized spacial score (nSPS) is 9.87. The van der Waals surface area contributed by atoms with E-state index < -0.39 is 0 Å². The van der Waals surface area contributed by atoms with Gasteiger partial charge in [-0.15, -0.1) is 0 Å². The lowest BCUT2D eigenvalue weighted by Crippen LogP contribution is -1.94. The van der Waals surface area contributed by atoms with Crippen LogP contribution in [0.15, 0.2) is 16.6 Å². The predicted octanol–water partition coefficient (Wildman–Crippen LogP) is 4.01. The fraction of sp³-hybridized carbons (Fsp3) is 0.500. The van der Waals surface area contributed by atoms with Crippen LogP contribution in [0.2, 0.25) is 0 Å². The predicted molar refractivity (Wildman–Crippen MR) is 64.2 cm³/mol. The highest BCUT2D eigenvalue weighted by molar-refractivity contribution is 9.10. The van der Waals surface area contributed by atoms with Crippen LogP contribution in [0.5, 0.6) is 0 Å². The summed E-state index contributed by atoms with van der Waals surface area (Å²) in [7, 11) is 0. The van der Waals surface area contributed by atoms with E-state index in [-0.39, 0.29) is 12.0 Å². The molecule has 0 bridgehead atoms. The molecule has 1 aromatic rings. The molecule has 0 N–H and O–H groups in total. The molecule has 3 heteroatoms. The minimum Gasteiger partial charge on any atom is -0.207 e. The van der Waals surface area contributed by atoms with Gasteiger partial charge in [0, 0.05) is 10.6 Å². The molecule has 0 amide bonds. The maximum Gasteiger partial charge on any atom is 0.123 e. The Morgan fingerprint density at radius 1 is 1.07 bits per heavy atom. The van der Waals surface area contributed by atoms with E-state index in [9.17, 15) is 4.39 Å². The maximum absolute atomic E-state index is 13.2. The zero-order chi connectivity index (χ0) is 10.6. The first-order valence-corrected chi connectivity index (χ1v) is 5.95. The van der Waals surface area contributed by atoms with Gasteiger partial charge in [0.15, 0.2) is 0 Å². The highest BCUT2D eigenvalue weighted by Gasteiger charge is 2.07. The summed E-state index contributed by atoms with van der Waals surface area (Å²) < 4.78 is 14.3. The van der Waals surface area contributed by atoms with Crippen molar-refractivity contribution in [3.05, 3.63) is 33.5 Å². The van der Waals surface area contributed by atoms with Crippen molar-refractivity contribution < 1.29 is 4.39 Å². The molecular weight excluding hydrogens is 257 g/mol. The van der Waals surface area contributed by atoms with E-state index in [4.69, 9.17) is 0 Å². The summed E-state index contributed by atoms with van der Waals surface area (Å²) in [6, 6.07) is 3.26. The average Bonchev–Trinajstić information content (AvgIpc) is 2.14. The smallest absolute Gasteiger partial charge is 0.123 e. The number of rotatable bonds is 4. The Hall–Kier alpha value is -0.410. The fourth-order valence-corrected chi connectivity index (χ4v) is 2.24. The van der Waals surface area contributed by atoms with Crippen molar-refractivity contribution in [2.75, 3.05) is 0 Å². The van der Waals surface area contributed by atoms with Crippen molar-refractivity contribution in [2.45, 2.75) is 39.5 Å². The quantitative estimate of drug-likeness (QED) is 0.793. The van der Waals surface area contributed by atoms with Crippen LogP contribution in [0.25, 0.3) is 0 Å². The first-order valence-electron chi connectivity index (χ1n) is 5.15. The molecule has 0 spiro atoms. The van der Waals surface area contributed by atoms with E-state index in [0.29, 0.717) is 0 Å². The van der Waals surface area contributed by atoms with Crippen molar-refractivity contribution in [2.24, 2.45) is 0 Å². The van der Waals surface area contributed by atoms with Gasteiger partial charge in [-0.1, -0.05) is 42.6 Å². The van der Waals surface area contributed by atoms with Crippen LogP contribution in [0.3, 0.4) is 0 Å². The third-order valence-corrected chi connectivity index (χ3v) is 3.25. The minimum absolute atomic E-state index is 0. The molecule has 0 fully saturated rings. The number of halogens is 2. The Kier molecular flexibility index (Phi) is 6.77. The molecule has 0 aromatic heterocycles. The maximum atomic E-state index is 13.2. The average molecular weight is 273 g/mol. The molecule has 1 rings (SSSR count). The second-order valence-corrected chi connectivity index (χ2v) is 4.33. The Labute approximate surface area is 99.8 Å². The topological polar surface area (TPSA) is 30.5 Å². The summed E-state index contributed by atoms with van der Waals surface area (Å²) in [5.74, 6) is -0.111. The molecule has 1 aromatic carbocycles. The van der Waals surface area contributed by atoms with Crippen molar-refractivity contribution in [3.8, 4) is 0 Å². The first-order chi connectivity index (χ1) is 6.69. The monoisotopic (exact) mass is 272 g/mol. The van der Waals surface area contributed by atoms with Gasteiger partial charge in [-0.05, 0) is 36.1 Å². The van der Waals surface area contributed by atoms with Crippen LogP contribution in [-0.2, 0) is 12.8 Å². The second kappa shape index (κ2) is 6.96. The molecule has 0 aliphatic carbocycles. The molecule has 15 heavy (non-hydrogen) atoms. The van der Waals surface area contributed by atoms with Crippen molar-refractivity contribution in [3.63, 3.8) is 0 Å². The lowest BCUT2D eigenvalue weighted by Gasteiger charge is -2.09. The zero-order valence-electron chi connectivity index (χ0n) is 9.19. The third-order valence-electron chi connectivity index (χ3n) is 2.23. The van der Waals surface area contributed by atoms with Crippen molar-refractivity contribution in [1.82, 2.24) is 6.15 Å². The first kappa shape index (κ1) is 14.6. The zero-order valence-corrected chi connectivity index (χ0v) is 10.8. The van der Waals surface area contributed by atoms with E-state index in [1.165, 1.54) is 0 Å². The van der Waals surface area contributed by atoms with Gasteiger partial charge >= 0.3 is 0 Å². The molecule has 0 aliphatic heterocycles.